The molecule has 0 radical (unpaired) electrons. The average Bonchev–Trinajstić information content (AvgIpc) is 3.41. The minimum Gasteiger partial charge on any atom is -0.429 e. The van der Waals surface area contributed by atoms with Gasteiger partial charge in [0.25, 0.3) is 5.56 Å². The highest BCUT2D eigenvalue weighted by atomic mass is 16.6. The lowest BCUT2D eigenvalue weighted by Crippen LogP contribution is -2.48. The van der Waals surface area contributed by atoms with Gasteiger partial charge in [-0.1, -0.05) is 20.3 Å². The van der Waals surface area contributed by atoms with Crippen molar-refractivity contribution >= 4 is 23.0 Å². The maximum absolute atomic E-state index is 13.6. The molecular formula is C33H38N4O7. The second kappa shape index (κ2) is 11.0. The van der Waals surface area contributed by atoms with Gasteiger partial charge in [-0.15, -0.1) is 0 Å². The summed E-state index contributed by atoms with van der Waals surface area (Å²) in [7, 11) is 0. The maximum Gasteiger partial charge on any atom is 0.415 e. The third kappa shape index (κ3) is 4.52. The number of rotatable bonds is 4. The number of pyridine rings is 2. The van der Waals surface area contributed by atoms with Crippen molar-refractivity contribution < 1.29 is 29.3 Å². The van der Waals surface area contributed by atoms with Crippen molar-refractivity contribution in [2.75, 3.05) is 26.2 Å². The van der Waals surface area contributed by atoms with E-state index in [0.29, 0.717) is 48.2 Å². The molecule has 2 N–H and O–H groups in total. The number of amides is 1. The van der Waals surface area contributed by atoms with Gasteiger partial charge in [-0.05, 0) is 81.4 Å². The van der Waals surface area contributed by atoms with Crippen molar-refractivity contribution in [1.82, 2.24) is 19.4 Å². The molecular weight excluding hydrogens is 565 g/mol. The molecule has 2 atom stereocenters. The molecule has 1 aromatic carbocycles. The summed E-state index contributed by atoms with van der Waals surface area (Å²) in [5.74, 6) is -0.552. The first-order chi connectivity index (χ1) is 21.2. The summed E-state index contributed by atoms with van der Waals surface area (Å²) in [4.78, 5) is 48.6. The number of aliphatic hydroxyl groups excluding tert-OH is 1. The third-order valence-corrected chi connectivity index (χ3v) is 10.0. The van der Waals surface area contributed by atoms with E-state index in [1.54, 1.807) is 24.0 Å². The molecule has 0 saturated carbocycles. The zero-order chi connectivity index (χ0) is 30.7. The standard InChI is InChI=1S/C33H38N4O7/c1-3-21-22-16-20(43-32(41)36-14-10-19(11-15-36)35-12-6-5-7-13-35)8-9-25(22)34-28-23(21)18-37-26(28)17-24-27(29(37)38)30(39)44-31(40)33(24,42)4-2/h8-9,16-17,19,30,39,42H,3-7,10-15,18H2,1-2H3/t30?,33-/m0/s1/i21+1. The van der Waals surface area contributed by atoms with E-state index in [1.807, 2.05) is 19.1 Å². The lowest BCUT2D eigenvalue weighted by atomic mass is 9.85. The number of likely N-dealkylation sites (tertiary alicyclic amines) is 2. The highest BCUT2D eigenvalue weighted by molar-refractivity contribution is 5.90. The molecule has 7 rings (SSSR count). The number of hydrogen-bond acceptors (Lipinski definition) is 9. The number of carbonyl (C=O) groups is 2. The molecule has 1 amide bonds. The van der Waals surface area contributed by atoms with Gasteiger partial charge in [0.05, 0.1) is 29.0 Å². The Hall–Kier alpha value is -3.80. The Balaban J connectivity index is 1.18. The number of aromatic nitrogens is 2. The SMILES string of the molecule is CC[13c]1c2c(nc3ccc(OC(=O)N4CCC(N5CCCCC5)CC4)cc31)-c1cc3c(c(=O)n1C2)C(O)OC(=O)[C@]3(O)CC. The van der Waals surface area contributed by atoms with Crippen LogP contribution in [0, 0.1) is 0 Å². The van der Waals surface area contributed by atoms with Crippen LogP contribution in [-0.4, -0.2) is 73.8 Å². The van der Waals surface area contributed by atoms with E-state index in [-0.39, 0.29) is 30.2 Å². The summed E-state index contributed by atoms with van der Waals surface area (Å²) in [5.41, 5.74) is 0.864. The van der Waals surface area contributed by atoms with Crippen LogP contribution in [0.2, 0.25) is 0 Å². The molecule has 44 heavy (non-hydrogen) atoms. The molecule has 11 nitrogen and oxygen atoms in total. The van der Waals surface area contributed by atoms with Crippen LogP contribution in [0.4, 0.5) is 4.79 Å². The summed E-state index contributed by atoms with van der Waals surface area (Å²) in [6.07, 6.45) is 4.24. The average molecular weight is 604 g/mol. The van der Waals surface area contributed by atoms with Gasteiger partial charge >= 0.3 is 12.1 Å². The summed E-state index contributed by atoms with van der Waals surface area (Å²) in [6, 6.07) is 7.50. The first-order valence-electron chi connectivity index (χ1n) is 15.8. The van der Waals surface area contributed by atoms with Gasteiger partial charge in [0, 0.05) is 35.6 Å². The van der Waals surface area contributed by atoms with Crippen molar-refractivity contribution in [1.29, 1.82) is 0 Å². The van der Waals surface area contributed by atoms with Crippen molar-refractivity contribution in [2.24, 2.45) is 0 Å². The minimum absolute atomic E-state index is 0.0232. The molecule has 1 unspecified atom stereocenters. The Morgan fingerprint density at radius 3 is 2.55 bits per heavy atom. The van der Waals surface area contributed by atoms with Crippen LogP contribution in [0.5, 0.6) is 5.75 Å². The third-order valence-electron chi connectivity index (χ3n) is 10.0. The molecule has 0 bridgehead atoms. The van der Waals surface area contributed by atoms with E-state index < -0.39 is 23.4 Å². The van der Waals surface area contributed by atoms with E-state index in [2.05, 4.69) is 4.90 Å². The van der Waals surface area contributed by atoms with E-state index in [1.165, 1.54) is 23.8 Å². The smallest absolute Gasteiger partial charge is 0.415 e. The molecule has 0 aliphatic carbocycles. The van der Waals surface area contributed by atoms with Crippen LogP contribution >= 0.6 is 0 Å². The summed E-state index contributed by atoms with van der Waals surface area (Å²) >= 11 is 0. The Labute approximate surface area is 255 Å². The highest BCUT2D eigenvalue weighted by Crippen LogP contribution is 2.42. The Morgan fingerprint density at radius 2 is 1.84 bits per heavy atom. The van der Waals surface area contributed by atoms with Crippen LogP contribution < -0.4 is 10.3 Å². The van der Waals surface area contributed by atoms with E-state index in [9.17, 15) is 24.6 Å². The predicted octanol–water partition coefficient (Wildman–Crippen LogP) is 3.58. The fourth-order valence-electron chi connectivity index (χ4n) is 7.52. The molecule has 0 spiro atoms. The van der Waals surface area contributed by atoms with Crippen LogP contribution in [0.3, 0.4) is 0 Å². The Kier molecular flexibility index (Phi) is 7.22. The molecule has 6 heterocycles. The molecule has 2 fully saturated rings. The molecule has 3 aromatic rings. The molecule has 2 aromatic heterocycles. The lowest BCUT2D eigenvalue weighted by Gasteiger charge is -2.39. The number of nitrogens with zero attached hydrogens (tertiary/aromatic N) is 4. The minimum atomic E-state index is -2.04. The maximum atomic E-state index is 13.6. The number of ether oxygens (including phenoxy) is 2. The number of fused-ring (bicyclic) bond motifs is 5. The van der Waals surface area contributed by atoms with E-state index in [0.717, 1.165) is 42.4 Å². The number of hydrogen-bond donors (Lipinski definition) is 2. The topological polar surface area (TPSA) is 134 Å². The predicted molar refractivity (Wildman–Crippen MR) is 161 cm³/mol. The Bertz CT molecular complexity index is 1720. The van der Waals surface area contributed by atoms with Gasteiger partial charge in [-0.2, -0.15) is 0 Å². The number of cyclic esters (lactones) is 1. The molecule has 2 saturated heterocycles. The molecule has 11 heteroatoms. The van der Waals surface area contributed by atoms with Crippen molar-refractivity contribution in [3.63, 3.8) is 0 Å². The summed E-state index contributed by atoms with van der Waals surface area (Å²) in [5, 5.41) is 22.5. The number of benzene rings is 1. The number of piperidine rings is 2. The number of carbonyl (C=O) groups excluding carboxylic acids is 2. The molecule has 4 aliphatic heterocycles. The highest BCUT2D eigenvalue weighted by Gasteiger charge is 2.48. The second-order valence-electron chi connectivity index (χ2n) is 12.4. The normalized spacial score (nSPS) is 23.7. The second-order valence-corrected chi connectivity index (χ2v) is 12.4. The first-order valence-corrected chi connectivity index (χ1v) is 15.8. The van der Waals surface area contributed by atoms with Gasteiger partial charge in [0.2, 0.25) is 6.29 Å². The Morgan fingerprint density at radius 1 is 1.09 bits per heavy atom. The number of aryl methyl sites for hydroxylation is 1. The number of aliphatic hydroxyl groups is 2. The van der Waals surface area contributed by atoms with Crippen LogP contribution in [-0.2, 0) is 28.1 Å². The quantitative estimate of drug-likeness (QED) is 0.336. The fourth-order valence-corrected chi connectivity index (χ4v) is 7.52. The van der Waals surface area contributed by atoms with Gasteiger partial charge in [-0.3, -0.25) is 4.79 Å². The van der Waals surface area contributed by atoms with Crippen LogP contribution in [0.1, 0.15) is 80.9 Å². The van der Waals surface area contributed by atoms with Crippen molar-refractivity contribution in [2.45, 2.75) is 83.3 Å². The fraction of sp³-hybridized carbons (Fsp3) is 0.515. The zero-order valence-corrected chi connectivity index (χ0v) is 25.2. The first kappa shape index (κ1) is 28.9. The lowest BCUT2D eigenvalue weighted by molar-refractivity contribution is -0.199. The summed E-state index contributed by atoms with van der Waals surface area (Å²) < 4.78 is 12.3. The van der Waals surface area contributed by atoms with Crippen LogP contribution in [0.25, 0.3) is 22.3 Å². The van der Waals surface area contributed by atoms with Crippen molar-refractivity contribution in [3.05, 3.63) is 56.9 Å². The van der Waals surface area contributed by atoms with E-state index in [4.69, 9.17) is 14.5 Å². The molecule has 4 aliphatic rings. The van der Waals surface area contributed by atoms with Crippen molar-refractivity contribution in [3.8, 4) is 17.1 Å². The number of esters is 1. The van der Waals surface area contributed by atoms with Crippen LogP contribution in [0.15, 0.2) is 29.1 Å². The van der Waals surface area contributed by atoms with E-state index >= 15 is 0 Å². The monoisotopic (exact) mass is 603 g/mol. The largest absolute Gasteiger partial charge is 0.429 e. The van der Waals surface area contributed by atoms with Gasteiger partial charge in [0.15, 0.2) is 5.60 Å². The zero-order valence-electron chi connectivity index (χ0n) is 25.2. The summed E-state index contributed by atoms with van der Waals surface area (Å²) in [6.45, 7) is 7.51. The van der Waals surface area contributed by atoms with Gasteiger partial charge < -0.3 is 34.1 Å². The molecule has 232 valence electrons. The van der Waals surface area contributed by atoms with Gasteiger partial charge in [-0.25, -0.2) is 14.6 Å². The van der Waals surface area contributed by atoms with Gasteiger partial charge in [0.1, 0.15) is 5.75 Å².